The van der Waals surface area contributed by atoms with Crippen LogP contribution in [-0.2, 0) is 6.42 Å². The fraction of sp³-hybridized carbons (Fsp3) is 0.350. The van der Waals surface area contributed by atoms with Crippen molar-refractivity contribution in [3.63, 3.8) is 0 Å². The van der Waals surface area contributed by atoms with E-state index in [2.05, 4.69) is 15.5 Å². The summed E-state index contributed by atoms with van der Waals surface area (Å²) in [5.41, 5.74) is 2.30. The first-order chi connectivity index (χ1) is 13.1. The van der Waals surface area contributed by atoms with Crippen LogP contribution in [0.2, 0.25) is 0 Å². The van der Waals surface area contributed by atoms with Gasteiger partial charge in [0.25, 0.3) is 5.91 Å². The van der Waals surface area contributed by atoms with Crippen molar-refractivity contribution in [3.05, 3.63) is 53.5 Å². The van der Waals surface area contributed by atoms with Gasteiger partial charge in [-0.05, 0) is 57.0 Å². The minimum Gasteiger partial charge on any atom is -0.490 e. The molecule has 2 heterocycles. The van der Waals surface area contributed by atoms with E-state index in [1.54, 1.807) is 18.3 Å². The molecular weight excluding hydrogens is 344 g/mol. The SMILES string of the molecule is CCOc1ccc(CCNC(=O)c2ccn3c(C)nnc3c2)cc1OCC. The van der Waals surface area contributed by atoms with E-state index in [4.69, 9.17) is 9.47 Å². The van der Waals surface area contributed by atoms with Gasteiger partial charge >= 0.3 is 0 Å². The zero-order valence-corrected chi connectivity index (χ0v) is 15.9. The molecule has 0 fully saturated rings. The van der Waals surface area contributed by atoms with Crippen molar-refractivity contribution < 1.29 is 14.3 Å². The molecule has 27 heavy (non-hydrogen) atoms. The third-order valence-corrected chi connectivity index (χ3v) is 4.15. The Morgan fingerprint density at radius 3 is 2.63 bits per heavy atom. The van der Waals surface area contributed by atoms with Crippen LogP contribution in [0.3, 0.4) is 0 Å². The molecule has 0 spiro atoms. The zero-order valence-electron chi connectivity index (χ0n) is 15.9. The summed E-state index contributed by atoms with van der Waals surface area (Å²) in [6.45, 7) is 7.44. The molecule has 7 nitrogen and oxygen atoms in total. The molecule has 1 N–H and O–H groups in total. The predicted molar refractivity (Wildman–Crippen MR) is 103 cm³/mol. The Balaban J connectivity index is 1.61. The van der Waals surface area contributed by atoms with Crippen LogP contribution in [0.25, 0.3) is 5.65 Å². The van der Waals surface area contributed by atoms with E-state index in [-0.39, 0.29) is 5.91 Å². The number of rotatable bonds is 8. The Hall–Kier alpha value is -3.09. The van der Waals surface area contributed by atoms with E-state index in [0.717, 1.165) is 22.9 Å². The number of hydrogen-bond acceptors (Lipinski definition) is 5. The molecule has 0 unspecified atom stereocenters. The minimum absolute atomic E-state index is 0.130. The number of hydrogen-bond donors (Lipinski definition) is 1. The summed E-state index contributed by atoms with van der Waals surface area (Å²) in [6, 6.07) is 9.37. The molecule has 7 heteroatoms. The quantitative estimate of drug-likeness (QED) is 0.661. The Labute approximate surface area is 158 Å². The average molecular weight is 368 g/mol. The number of ether oxygens (including phenoxy) is 2. The Kier molecular flexibility index (Phi) is 5.90. The summed E-state index contributed by atoms with van der Waals surface area (Å²) in [5, 5.41) is 11.0. The molecule has 0 saturated carbocycles. The van der Waals surface area contributed by atoms with Gasteiger partial charge in [-0.25, -0.2) is 0 Å². The molecule has 0 radical (unpaired) electrons. The van der Waals surface area contributed by atoms with Crippen molar-refractivity contribution >= 4 is 11.6 Å². The predicted octanol–water partition coefficient (Wildman–Crippen LogP) is 2.81. The summed E-state index contributed by atoms with van der Waals surface area (Å²) in [5.74, 6) is 2.13. The summed E-state index contributed by atoms with van der Waals surface area (Å²) >= 11 is 0. The summed E-state index contributed by atoms with van der Waals surface area (Å²) < 4.78 is 13.1. The molecule has 3 rings (SSSR count). The third-order valence-electron chi connectivity index (χ3n) is 4.15. The second-order valence-corrected chi connectivity index (χ2v) is 6.04. The molecule has 0 aliphatic rings. The second-order valence-electron chi connectivity index (χ2n) is 6.04. The van der Waals surface area contributed by atoms with Gasteiger partial charge in [0, 0.05) is 18.3 Å². The number of nitrogens with one attached hydrogen (secondary N) is 1. The van der Waals surface area contributed by atoms with Crippen molar-refractivity contribution in [3.8, 4) is 11.5 Å². The maximum absolute atomic E-state index is 12.4. The number of aryl methyl sites for hydroxylation is 1. The molecule has 1 aromatic carbocycles. The van der Waals surface area contributed by atoms with E-state index in [1.807, 2.05) is 43.4 Å². The first-order valence-corrected chi connectivity index (χ1v) is 9.10. The number of nitrogens with zero attached hydrogens (tertiary/aromatic N) is 3. The summed E-state index contributed by atoms with van der Waals surface area (Å²) in [6.07, 6.45) is 2.50. The third kappa shape index (κ3) is 4.36. The fourth-order valence-electron chi connectivity index (χ4n) is 2.83. The largest absolute Gasteiger partial charge is 0.490 e. The van der Waals surface area contributed by atoms with E-state index < -0.39 is 0 Å². The number of aromatic nitrogens is 3. The topological polar surface area (TPSA) is 77.8 Å². The zero-order chi connectivity index (χ0) is 19.2. The van der Waals surface area contributed by atoms with Crippen molar-refractivity contribution in [1.29, 1.82) is 0 Å². The number of pyridine rings is 1. The maximum Gasteiger partial charge on any atom is 0.251 e. The normalized spacial score (nSPS) is 10.8. The van der Waals surface area contributed by atoms with Crippen LogP contribution in [0.5, 0.6) is 11.5 Å². The highest BCUT2D eigenvalue weighted by atomic mass is 16.5. The molecule has 0 bridgehead atoms. The highest BCUT2D eigenvalue weighted by molar-refractivity contribution is 5.95. The van der Waals surface area contributed by atoms with Crippen LogP contribution in [0.1, 0.15) is 35.6 Å². The van der Waals surface area contributed by atoms with E-state index >= 15 is 0 Å². The van der Waals surface area contributed by atoms with E-state index in [9.17, 15) is 4.79 Å². The van der Waals surface area contributed by atoms with Crippen LogP contribution < -0.4 is 14.8 Å². The summed E-state index contributed by atoms with van der Waals surface area (Å²) in [7, 11) is 0. The number of benzene rings is 1. The van der Waals surface area contributed by atoms with Gasteiger partial charge in [-0.1, -0.05) is 6.07 Å². The van der Waals surface area contributed by atoms with Gasteiger partial charge in [-0.3, -0.25) is 9.20 Å². The molecule has 0 aliphatic heterocycles. The van der Waals surface area contributed by atoms with Gasteiger partial charge in [0.1, 0.15) is 5.82 Å². The van der Waals surface area contributed by atoms with Crippen LogP contribution in [-0.4, -0.2) is 40.3 Å². The molecule has 142 valence electrons. The first kappa shape index (κ1) is 18.7. The Morgan fingerprint density at radius 2 is 1.85 bits per heavy atom. The van der Waals surface area contributed by atoms with Crippen molar-refractivity contribution in [2.24, 2.45) is 0 Å². The van der Waals surface area contributed by atoms with Crippen LogP contribution >= 0.6 is 0 Å². The molecule has 0 saturated heterocycles. The molecule has 1 amide bonds. The highest BCUT2D eigenvalue weighted by Gasteiger charge is 2.10. The molecule has 0 aliphatic carbocycles. The lowest BCUT2D eigenvalue weighted by Gasteiger charge is -2.12. The standard InChI is InChI=1S/C20H24N4O3/c1-4-26-17-7-6-15(12-18(17)27-5-2)8-10-21-20(25)16-9-11-24-14(3)22-23-19(24)13-16/h6-7,9,11-13H,4-5,8,10H2,1-3H3,(H,21,25). The summed E-state index contributed by atoms with van der Waals surface area (Å²) in [4.78, 5) is 12.4. The van der Waals surface area contributed by atoms with Gasteiger partial charge in [0.05, 0.1) is 13.2 Å². The average Bonchev–Trinajstić information content (AvgIpc) is 3.04. The van der Waals surface area contributed by atoms with Crippen LogP contribution in [0.4, 0.5) is 0 Å². The fourth-order valence-corrected chi connectivity index (χ4v) is 2.83. The lowest BCUT2D eigenvalue weighted by atomic mass is 10.1. The number of fused-ring (bicyclic) bond motifs is 1. The van der Waals surface area contributed by atoms with Gasteiger partial charge < -0.3 is 14.8 Å². The van der Waals surface area contributed by atoms with Crippen molar-refractivity contribution in [1.82, 2.24) is 19.9 Å². The van der Waals surface area contributed by atoms with Gasteiger partial charge in [-0.15, -0.1) is 10.2 Å². The van der Waals surface area contributed by atoms with Gasteiger partial charge in [0.15, 0.2) is 17.1 Å². The molecular formula is C20H24N4O3. The monoisotopic (exact) mass is 368 g/mol. The van der Waals surface area contributed by atoms with Crippen LogP contribution in [0, 0.1) is 6.92 Å². The Morgan fingerprint density at radius 1 is 1.07 bits per heavy atom. The van der Waals surface area contributed by atoms with Gasteiger partial charge in [-0.2, -0.15) is 0 Å². The second kappa shape index (κ2) is 8.53. The first-order valence-electron chi connectivity index (χ1n) is 9.10. The molecule has 3 aromatic rings. The van der Waals surface area contributed by atoms with Gasteiger partial charge in [0.2, 0.25) is 0 Å². The number of amides is 1. The van der Waals surface area contributed by atoms with Crippen LogP contribution in [0.15, 0.2) is 36.5 Å². The number of carbonyl (C=O) groups excluding carboxylic acids is 1. The van der Waals surface area contributed by atoms with Crippen molar-refractivity contribution in [2.75, 3.05) is 19.8 Å². The Bertz CT molecular complexity index is 936. The van der Waals surface area contributed by atoms with Crippen molar-refractivity contribution in [2.45, 2.75) is 27.2 Å². The van der Waals surface area contributed by atoms with E-state index in [0.29, 0.717) is 37.4 Å². The molecule has 0 atom stereocenters. The molecule has 2 aromatic heterocycles. The van der Waals surface area contributed by atoms with E-state index in [1.165, 1.54) is 0 Å². The minimum atomic E-state index is -0.130. The number of carbonyl (C=O) groups is 1. The lowest BCUT2D eigenvalue weighted by molar-refractivity contribution is 0.0954. The maximum atomic E-state index is 12.4. The smallest absolute Gasteiger partial charge is 0.251 e. The lowest BCUT2D eigenvalue weighted by Crippen LogP contribution is -2.25. The highest BCUT2D eigenvalue weighted by Crippen LogP contribution is 2.28.